The maximum atomic E-state index is 13.6. The molecule has 0 unspecified atom stereocenters. The van der Waals surface area contributed by atoms with Gasteiger partial charge in [0.2, 0.25) is 0 Å². The number of aromatic nitrogens is 2. The molecular formula is C16H14FN3S. The lowest BCUT2D eigenvalue weighted by atomic mass is 10.1. The van der Waals surface area contributed by atoms with E-state index in [2.05, 4.69) is 9.97 Å². The largest absolute Gasteiger partial charge is 0.383 e. The number of hydrogen-bond acceptors (Lipinski definition) is 4. The standard InChI is InChI=1S/C16H14FN3S/c1-8-5-9(7-10(17)6-8)15-19-14(18)13-11-3-2-4-12(11)21-16(13)20-15/h5-7H,2-4H2,1H3,(H2,18,19,20). The molecule has 0 fully saturated rings. The molecule has 1 aliphatic carbocycles. The molecule has 0 radical (unpaired) electrons. The summed E-state index contributed by atoms with van der Waals surface area (Å²) in [5.41, 5.74) is 8.99. The molecular weight excluding hydrogens is 285 g/mol. The first kappa shape index (κ1) is 12.7. The molecule has 3 nitrogen and oxygen atoms in total. The molecule has 21 heavy (non-hydrogen) atoms. The van der Waals surface area contributed by atoms with E-state index >= 15 is 0 Å². The zero-order valence-electron chi connectivity index (χ0n) is 11.6. The van der Waals surface area contributed by atoms with E-state index in [-0.39, 0.29) is 5.82 Å². The Bertz CT molecular complexity index is 849. The number of nitrogens with two attached hydrogens (primary N) is 1. The number of aryl methyl sites for hydroxylation is 3. The summed E-state index contributed by atoms with van der Waals surface area (Å²) >= 11 is 1.69. The van der Waals surface area contributed by atoms with Crippen LogP contribution in [0.5, 0.6) is 0 Å². The van der Waals surface area contributed by atoms with Gasteiger partial charge in [0.05, 0.1) is 5.39 Å². The minimum absolute atomic E-state index is 0.277. The summed E-state index contributed by atoms with van der Waals surface area (Å²) in [7, 11) is 0. The number of nitrogens with zero attached hydrogens (tertiary/aromatic N) is 2. The van der Waals surface area contributed by atoms with Crippen molar-refractivity contribution in [2.24, 2.45) is 0 Å². The minimum Gasteiger partial charge on any atom is -0.383 e. The fraction of sp³-hybridized carbons (Fsp3) is 0.250. The average Bonchev–Trinajstić information content (AvgIpc) is 2.96. The van der Waals surface area contributed by atoms with Gasteiger partial charge in [-0.25, -0.2) is 14.4 Å². The highest BCUT2D eigenvalue weighted by atomic mass is 32.1. The first-order valence-electron chi connectivity index (χ1n) is 6.97. The monoisotopic (exact) mass is 299 g/mol. The fourth-order valence-electron chi connectivity index (χ4n) is 3.02. The quantitative estimate of drug-likeness (QED) is 0.742. The number of hydrogen-bond donors (Lipinski definition) is 1. The lowest BCUT2D eigenvalue weighted by Gasteiger charge is -2.05. The van der Waals surface area contributed by atoms with Crippen molar-refractivity contribution in [2.75, 3.05) is 5.73 Å². The minimum atomic E-state index is -0.277. The Morgan fingerprint density at radius 2 is 2.05 bits per heavy atom. The highest BCUT2D eigenvalue weighted by Crippen LogP contribution is 2.39. The Hall–Kier alpha value is -2.01. The number of thiophene rings is 1. The van der Waals surface area contributed by atoms with Crippen LogP contribution in [0, 0.1) is 12.7 Å². The van der Waals surface area contributed by atoms with Crippen LogP contribution in [0.15, 0.2) is 18.2 Å². The number of fused-ring (bicyclic) bond motifs is 3. The van der Waals surface area contributed by atoms with Crippen molar-refractivity contribution in [2.45, 2.75) is 26.2 Å². The third-order valence-electron chi connectivity index (χ3n) is 3.89. The predicted octanol–water partition coefficient (Wildman–Crippen LogP) is 3.88. The van der Waals surface area contributed by atoms with Gasteiger partial charge in [-0.1, -0.05) is 0 Å². The van der Waals surface area contributed by atoms with E-state index in [1.54, 1.807) is 11.3 Å². The summed E-state index contributed by atoms with van der Waals surface area (Å²) in [4.78, 5) is 11.3. The molecule has 2 heterocycles. The van der Waals surface area contributed by atoms with Gasteiger partial charge in [-0.2, -0.15) is 0 Å². The summed E-state index contributed by atoms with van der Waals surface area (Å²) < 4.78 is 13.6. The maximum absolute atomic E-state index is 13.6. The topological polar surface area (TPSA) is 51.8 Å². The van der Waals surface area contributed by atoms with E-state index in [1.165, 1.54) is 29.0 Å². The van der Waals surface area contributed by atoms with Crippen LogP contribution in [0.2, 0.25) is 0 Å². The molecule has 0 amide bonds. The van der Waals surface area contributed by atoms with Crippen LogP contribution in [-0.4, -0.2) is 9.97 Å². The molecule has 0 saturated heterocycles. The van der Waals surface area contributed by atoms with Gasteiger partial charge in [-0.3, -0.25) is 0 Å². The molecule has 0 spiro atoms. The van der Waals surface area contributed by atoms with Crippen LogP contribution in [0.25, 0.3) is 21.6 Å². The smallest absolute Gasteiger partial charge is 0.163 e. The molecule has 1 aromatic carbocycles. The molecule has 0 atom stereocenters. The van der Waals surface area contributed by atoms with Gasteiger partial charge >= 0.3 is 0 Å². The van der Waals surface area contributed by atoms with Crippen molar-refractivity contribution in [1.29, 1.82) is 0 Å². The lowest BCUT2D eigenvalue weighted by molar-refractivity contribution is 0.627. The van der Waals surface area contributed by atoms with Crippen LogP contribution >= 0.6 is 11.3 Å². The van der Waals surface area contributed by atoms with E-state index in [9.17, 15) is 4.39 Å². The van der Waals surface area contributed by atoms with E-state index in [0.29, 0.717) is 17.2 Å². The van der Waals surface area contributed by atoms with E-state index in [1.807, 2.05) is 13.0 Å². The molecule has 4 rings (SSSR count). The highest BCUT2D eigenvalue weighted by molar-refractivity contribution is 7.19. The van der Waals surface area contributed by atoms with Gasteiger partial charge in [-0.15, -0.1) is 11.3 Å². The van der Waals surface area contributed by atoms with Gasteiger partial charge in [0.25, 0.3) is 0 Å². The van der Waals surface area contributed by atoms with Crippen molar-refractivity contribution >= 4 is 27.4 Å². The number of benzene rings is 1. The summed E-state index contributed by atoms with van der Waals surface area (Å²) in [5, 5.41) is 1.00. The predicted molar refractivity (Wildman–Crippen MR) is 84.0 cm³/mol. The first-order chi connectivity index (χ1) is 10.1. The summed E-state index contributed by atoms with van der Waals surface area (Å²) in [6, 6.07) is 4.82. The molecule has 3 aromatic rings. The Labute approximate surface area is 125 Å². The Morgan fingerprint density at radius 1 is 1.19 bits per heavy atom. The second-order valence-corrected chi connectivity index (χ2v) is 6.57. The summed E-state index contributed by atoms with van der Waals surface area (Å²) in [6.45, 7) is 1.86. The zero-order chi connectivity index (χ0) is 14.6. The number of nitrogen functional groups attached to an aromatic ring is 1. The average molecular weight is 299 g/mol. The van der Waals surface area contributed by atoms with Crippen LogP contribution in [0.1, 0.15) is 22.4 Å². The molecule has 2 aromatic heterocycles. The van der Waals surface area contributed by atoms with Gasteiger partial charge in [-0.05, 0) is 55.5 Å². The normalized spacial score (nSPS) is 13.8. The number of halogens is 1. The van der Waals surface area contributed by atoms with Crippen molar-refractivity contribution in [3.63, 3.8) is 0 Å². The van der Waals surface area contributed by atoms with E-state index < -0.39 is 0 Å². The van der Waals surface area contributed by atoms with E-state index in [4.69, 9.17) is 5.73 Å². The van der Waals surface area contributed by atoms with Crippen molar-refractivity contribution in [3.8, 4) is 11.4 Å². The zero-order valence-corrected chi connectivity index (χ0v) is 12.4. The molecule has 0 saturated carbocycles. The van der Waals surface area contributed by atoms with Crippen molar-refractivity contribution < 1.29 is 4.39 Å². The van der Waals surface area contributed by atoms with Crippen LogP contribution in [0.3, 0.4) is 0 Å². The lowest BCUT2D eigenvalue weighted by Crippen LogP contribution is -1.98. The van der Waals surface area contributed by atoms with Crippen LogP contribution < -0.4 is 5.73 Å². The molecule has 5 heteroatoms. The van der Waals surface area contributed by atoms with Crippen molar-refractivity contribution in [1.82, 2.24) is 9.97 Å². The molecule has 0 bridgehead atoms. The second kappa shape index (κ2) is 4.49. The molecule has 1 aliphatic rings. The van der Waals surface area contributed by atoms with Gasteiger partial charge in [0.1, 0.15) is 16.5 Å². The van der Waals surface area contributed by atoms with Crippen LogP contribution in [-0.2, 0) is 12.8 Å². The van der Waals surface area contributed by atoms with E-state index in [0.717, 1.165) is 28.6 Å². The second-order valence-electron chi connectivity index (χ2n) is 5.49. The Morgan fingerprint density at radius 3 is 2.86 bits per heavy atom. The third-order valence-corrected chi connectivity index (χ3v) is 5.08. The van der Waals surface area contributed by atoms with Gasteiger partial charge < -0.3 is 5.73 Å². The van der Waals surface area contributed by atoms with Gasteiger partial charge in [0.15, 0.2) is 5.82 Å². The number of anilines is 1. The third kappa shape index (κ3) is 2.00. The SMILES string of the molecule is Cc1cc(F)cc(-c2nc(N)c3c4c(sc3n2)CCC4)c1. The molecule has 0 aliphatic heterocycles. The maximum Gasteiger partial charge on any atom is 0.163 e. The fourth-order valence-corrected chi connectivity index (χ4v) is 4.29. The Kier molecular flexibility index (Phi) is 2.72. The highest BCUT2D eigenvalue weighted by Gasteiger charge is 2.21. The molecule has 2 N–H and O–H groups in total. The van der Waals surface area contributed by atoms with Crippen LogP contribution in [0.4, 0.5) is 10.2 Å². The summed E-state index contributed by atoms with van der Waals surface area (Å²) in [5.74, 6) is 0.736. The summed E-state index contributed by atoms with van der Waals surface area (Å²) in [6.07, 6.45) is 3.34. The van der Waals surface area contributed by atoms with Gasteiger partial charge in [0, 0.05) is 10.4 Å². The van der Waals surface area contributed by atoms with Crippen molar-refractivity contribution in [3.05, 3.63) is 40.0 Å². The number of rotatable bonds is 1. The Balaban J connectivity index is 1.94. The molecule has 106 valence electrons. The first-order valence-corrected chi connectivity index (χ1v) is 7.79.